The van der Waals surface area contributed by atoms with Crippen LogP contribution in [0.2, 0.25) is 0 Å². The van der Waals surface area contributed by atoms with Crippen LogP contribution >= 0.6 is 15.9 Å². The normalized spacial score (nSPS) is 13.3. The van der Waals surface area contributed by atoms with Gasteiger partial charge in [-0.15, -0.1) is 0 Å². The minimum Gasteiger partial charge on any atom is -0.351 e. The molecule has 0 atom stereocenters. The van der Waals surface area contributed by atoms with Crippen LogP contribution in [0.25, 0.3) is 0 Å². The van der Waals surface area contributed by atoms with E-state index in [1.165, 1.54) is 24.3 Å². The maximum atomic E-state index is 13.3. The van der Waals surface area contributed by atoms with E-state index in [2.05, 4.69) is 21.2 Å². The van der Waals surface area contributed by atoms with Gasteiger partial charge in [0, 0.05) is 30.0 Å². The number of benzene rings is 2. The fourth-order valence-corrected chi connectivity index (χ4v) is 3.21. The topological polar surface area (TPSA) is 49.4 Å². The van der Waals surface area contributed by atoms with Crippen LogP contribution < -0.4 is 5.32 Å². The molecule has 142 valence electrons. The van der Waals surface area contributed by atoms with Gasteiger partial charge >= 0.3 is 0 Å². The van der Waals surface area contributed by atoms with Crippen molar-refractivity contribution in [2.45, 2.75) is 31.8 Å². The summed E-state index contributed by atoms with van der Waals surface area (Å²) in [6.45, 7) is 0.584. The fourth-order valence-electron chi connectivity index (χ4n) is 2.79. The molecule has 0 heterocycles. The summed E-state index contributed by atoms with van der Waals surface area (Å²) >= 11 is 3.22. The van der Waals surface area contributed by atoms with Crippen LogP contribution in [0.15, 0.2) is 46.9 Å². The van der Waals surface area contributed by atoms with Crippen molar-refractivity contribution in [3.8, 4) is 0 Å². The predicted octanol–water partition coefficient (Wildman–Crippen LogP) is 4.04. The van der Waals surface area contributed by atoms with Gasteiger partial charge in [0.25, 0.3) is 5.91 Å². The lowest BCUT2D eigenvalue weighted by Gasteiger charge is -2.23. The SMILES string of the molecule is O=C(NCCC(=O)N(Cc1ccc(F)cc1)C1CC1)c1cc(F)ccc1Br. The van der Waals surface area contributed by atoms with Crippen LogP contribution in [0.3, 0.4) is 0 Å². The van der Waals surface area contributed by atoms with E-state index in [-0.39, 0.29) is 36.3 Å². The van der Waals surface area contributed by atoms with Gasteiger partial charge in [0.05, 0.1) is 5.56 Å². The Hall–Kier alpha value is -2.28. The molecule has 0 aliphatic heterocycles. The van der Waals surface area contributed by atoms with Crippen molar-refractivity contribution in [3.63, 3.8) is 0 Å². The van der Waals surface area contributed by atoms with Crippen LogP contribution in [0.4, 0.5) is 8.78 Å². The Morgan fingerprint density at radius 3 is 2.41 bits per heavy atom. The quantitative estimate of drug-likeness (QED) is 0.711. The first kappa shape index (κ1) is 19.5. The van der Waals surface area contributed by atoms with E-state index in [1.54, 1.807) is 17.0 Å². The molecule has 0 radical (unpaired) electrons. The summed E-state index contributed by atoms with van der Waals surface area (Å²) in [6, 6.07) is 10.2. The molecule has 2 aromatic carbocycles. The van der Waals surface area contributed by atoms with Crippen molar-refractivity contribution in [1.29, 1.82) is 0 Å². The van der Waals surface area contributed by atoms with Crippen molar-refractivity contribution in [2.24, 2.45) is 0 Å². The van der Waals surface area contributed by atoms with Gasteiger partial charge in [-0.1, -0.05) is 12.1 Å². The summed E-state index contributed by atoms with van der Waals surface area (Å²) in [5.41, 5.74) is 1.05. The second-order valence-electron chi connectivity index (χ2n) is 6.51. The minimum atomic E-state index is -0.501. The second-order valence-corrected chi connectivity index (χ2v) is 7.36. The zero-order valence-corrected chi connectivity index (χ0v) is 16.1. The van der Waals surface area contributed by atoms with Crippen molar-refractivity contribution in [2.75, 3.05) is 6.54 Å². The smallest absolute Gasteiger partial charge is 0.252 e. The van der Waals surface area contributed by atoms with Gasteiger partial charge in [0.15, 0.2) is 0 Å². The number of hydrogen-bond donors (Lipinski definition) is 1. The highest BCUT2D eigenvalue weighted by molar-refractivity contribution is 9.10. The summed E-state index contributed by atoms with van der Waals surface area (Å²) in [7, 11) is 0. The van der Waals surface area contributed by atoms with Gasteiger partial charge < -0.3 is 10.2 Å². The molecular formula is C20H19BrF2N2O2. The summed E-state index contributed by atoms with van der Waals surface area (Å²) in [6.07, 6.45) is 2.06. The molecular weight excluding hydrogens is 418 g/mol. The molecule has 1 fully saturated rings. The Labute approximate surface area is 164 Å². The van der Waals surface area contributed by atoms with Crippen LogP contribution in [0, 0.1) is 11.6 Å². The van der Waals surface area contributed by atoms with E-state index in [4.69, 9.17) is 0 Å². The fraction of sp³-hybridized carbons (Fsp3) is 0.300. The molecule has 4 nitrogen and oxygen atoms in total. The molecule has 2 aromatic rings. The highest BCUT2D eigenvalue weighted by Gasteiger charge is 2.32. The number of hydrogen-bond acceptors (Lipinski definition) is 2. The molecule has 0 unspecified atom stereocenters. The first-order chi connectivity index (χ1) is 12.9. The monoisotopic (exact) mass is 436 g/mol. The van der Waals surface area contributed by atoms with E-state index >= 15 is 0 Å². The van der Waals surface area contributed by atoms with Crippen LogP contribution in [0.1, 0.15) is 35.2 Å². The maximum Gasteiger partial charge on any atom is 0.252 e. The number of nitrogens with zero attached hydrogens (tertiary/aromatic N) is 1. The van der Waals surface area contributed by atoms with Gasteiger partial charge in [0.1, 0.15) is 11.6 Å². The molecule has 7 heteroatoms. The third-order valence-electron chi connectivity index (χ3n) is 4.37. The van der Waals surface area contributed by atoms with Gasteiger partial charge in [-0.2, -0.15) is 0 Å². The summed E-state index contributed by atoms with van der Waals surface area (Å²) < 4.78 is 26.8. The molecule has 1 aliphatic rings. The van der Waals surface area contributed by atoms with Gasteiger partial charge in [-0.25, -0.2) is 8.78 Å². The second kappa shape index (κ2) is 8.61. The molecule has 0 saturated heterocycles. The molecule has 0 bridgehead atoms. The lowest BCUT2D eigenvalue weighted by atomic mass is 10.2. The van der Waals surface area contributed by atoms with Crippen molar-refractivity contribution >= 4 is 27.7 Å². The highest BCUT2D eigenvalue weighted by atomic mass is 79.9. The van der Waals surface area contributed by atoms with Gasteiger partial charge in [0.2, 0.25) is 5.91 Å². The van der Waals surface area contributed by atoms with Gasteiger partial charge in [-0.05, 0) is 64.7 Å². The number of carbonyl (C=O) groups is 2. The summed E-state index contributed by atoms with van der Waals surface area (Å²) in [4.78, 5) is 26.5. The van der Waals surface area contributed by atoms with Gasteiger partial charge in [-0.3, -0.25) is 9.59 Å². The maximum absolute atomic E-state index is 13.3. The molecule has 0 spiro atoms. The first-order valence-electron chi connectivity index (χ1n) is 8.71. The van der Waals surface area contributed by atoms with E-state index in [9.17, 15) is 18.4 Å². The third-order valence-corrected chi connectivity index (χ3v) is 5.06. The number of halogens is 3. The molecule has 3 rings (SSSR count). The molecule has 1 saturated carbocycles. The Morgan fingerprint density at radius 2 is 1.74 bits per heavy atom. The lowest BCUT2D eigenvalue weighted by Crippen LogP contribution is -2.35. The molecule has 0 aromatic heterocycles. The number of nitrogens with one attached hydrogen (secondary N) is 1. The number of amides is 2. The average Bonchev–Trinajstić information content (AvgIpc) is 3.48. The molecule has 27 heavy (non-hydrogen) atoms. The number of rotatable bonds is 7. The van der Waals surface area contributed by atoms with Crippen LogP contribution in [-0.4, -0.2) is 29.3 Å². The van der Waals surface area contributed by atoms with Crippen molar-refractivity contribution in [1.82, 2.24) is 10.2 Å². The van der Waals surface area contributed by atoms with E-state index in [1.807, 2.05) is 0 Å². The predicted molar refractivity (Wildman–Crippen MR) is 101 cm³/mol. The molecule has 1 N–H and O–H groups in total. The number of carbonyl (C=O) groups excluding carboxylic acids is 2. The Bertz CT molecular complexity index is 838. The largest absolute Gasteiger partial charge is 0.351 e. The Kier molecular flexibility index (Phi) is 6.21. The molecule has 2 amide bonds. The van der Waals surface area contributed by atoms with Crippen LogP contribution in [0.5, 0.6) is 0 Å². The average molecular weight is 437 g/mol. The van der Waals surface area contributed by atoms with Crippen molar-refractivity contribution < 1.29 is 18.4 Å². The van der Waals surface area contributed by atoms with Crippen molar-refractivity contribution in [3.05, 3.63) is 69.7 Å². The zero-order chi connectivity index (χ0) is 19.4. The zero-order valence-electron chi connectivity index (χ0n) is 14.6. The van der Waals surface area contributed by atoms with E-state index in [0.717, 1.165) is 24.5 Å². The molecule has 1 aliphatic carbocycles. The summed E-state index contributed by atoms with van der Waals surface area (Å²) in [5, 5.41) is 2.65. The highest BCUT2D eigenvalue weighted by Crippen LogP contribution is 2.29. The Balaban J connectivity index is 1.54. The first-order valence-corrected chi connectivity index (χ1v) is 9.50. The Morgan fingerprint density at radius 1 is 1.07 bits per heavy atom. The third kappa shape index (κ3) is 5.35. The lowest BCUT2D eigenvalue weighted by molar-refractivity contribution is -0.132. The van der Waals surface area contributed by atoms with Crippen LogP contribution in [-0.2, 0) is 11.3 Å². The minimum absolute atomic E-state index is 0.0690. The van der Waals surface area contributed by atoms with E-state index in [0.29, 0.717) is 11.0 Å². The van der Waals surface area contributed by atoms with E-state index < -0.39 is 11.7 Å². The summed E-state index contributed by atoms with van der Waals surface area (Å²) in [5.74, 6) is -1.32. The standard InChI is InChI=1S/C20H19BrF2N2O2/c21-18-8-5-15(23)11-17(18)20(27)24-10-9-19(26)25(16-6-7-16)12-13-1-3-14(22)4-2-13/h1-5,8,11,16H,6-7,9-10,12H2,(H,24,27).